The molecule has 0 radical (unpaired) electrons. The highest BCUT2D eigenvalue weighted by Crippen LogP contribution is 1.77. The Labute approximate surface area is 38.6 Å². The molecule has 0 aromatic rings. The minimum Gasteiger partial charge on any atom is -0.219 e. The Morgan fingerprint density at radius 1 is 1.14 bits per heavy atom. The molecule has 0 aromatic heterocycles. The van der Waals surface area contributed by atoms with Crippen LogP contribution in [-0.2, 0) is 25.2 Å². The first-order valence-electron chi connectivity index (χ1n) is 1.42. The fourth-order valence-corrected chi connectivity index (χ4v) is 0.0351. The normalized spacial score (nSPS) is 11.3. The van der Waals surface area contributed by atoms with Gasteiger partial charge in [-0.3, -0.25) is 0 Å². The largest absolute Gasteiger partial charge is 0.258 e. The lowest BCUT2D eigenvalue weighted by Crippen LogP contribution is -1.93. The molecule has 0 aliphatic heterocycles. The van der Waals surface area contributed by atoms with Crippen LogP contribution in [0.15, 0.2) is 0 Å². The van der Waals surface area contributed by atoms with Crippen molar-refractivity contribution in [3.63, 3.8) is 0 Å². The Morgan fingerprint density at radius 2 is 1.86 bits per heavy atom. The first-order valence-corrected chi connectivity index (χ1v) is 1.02. The highest BCUT2D eigenvalue weighted by atomic mass is 17.9. The first-order chi connectivity index (χ1) is 3.91. The van der Waals surface area contributed by atoms with E-state index in [2.05, 4.69) is 30.5 Å². The van der Waals surface area contributed by atoms with Gasteiger partial charge in [0, 0.05) is 0 Å². The lowest BCUT2D eigenvalue weighted by atomic mass is 14.2. The van der Waals surface area contributed by atoms with Gasteiger partial charge in [-0.25, -0.2) is 10.5 Å². The maximum Gasteiger partial charge on any atom is 0.258 e. The number of hydrogen-bond acceptors (Lipinski definition) is 7. The third-order valence-corrected chi connectivity index (χ3v) is 0.114. The van der Waals surface area contributed by atoms with Crippen LogP contribution >= 0.6 is 0 Å². The standard InChI is InChI=1S/H2O7/c1-3-5-7-6-4-2/h1-2H/i/hD. The summed E-state index contributed by atoms with van der Waals surface area (Å²) >= 11 is 0. The smallest absolute Gasteiger partial charge is 0.219 e. The summed E-state index contributed by atoms with van der Waals surface area (Å²) in [6.07, 6.45) is 0. The third-order valence-electron chi connectivity index (χ3n) is 0.114. The lowest BCUT2D eigenvalue weighted by Gasteiger charge is -1.88. The average molecular weight is 115 g/mol. The summed E-state index contributed by atoms with van der Waals surface area (Å²) < 4.78 is 5.75. The summed E-state index contributed by atoms with van der Waals surface area (Å²) in [5.41, 5.74) is 0. The maximum atomic E-state index is 7.30. The monoisotopic (exact) mass is 115 g/mol. The minimum atomic E-state index is 2.84. The van der Waals surface area contributed by atoms with Crippen LogP contribution in [0.3, 0.4) is 0 Å². The van der Waals surface area contributed by atoms with Gasteiger partial charge >= 0.3 is 0 Å². The van der Waals surface area contributed by atoms with Crippen LogP contribution in [-0.4, -0.2) is 10.5 Å². The first kappa shape index (κ1) is 4.87. The molecule has 44 valence electrons. The van der Waals surface area contributed by atoms with Gasteiger partial charge in [0.1, 0.15) is 0 Å². The van der Waals surface area contributed by atoms with Crippen molar-refractivity contribution in [3.05, 3.63) is 0 Å². The summed E-state index contributed by atoms with van der Waals surface area (Å²) in [5, 5.41) is 26.2. The molecular weight excluding hydrogens is 112 g/mol. The van der Waals surface area contributed by atoms with Gasteiger partial charge in [-0.2, -0.15) is 0 Å². The quantitative estimate of drug-likeness (QED) is 0.288. The Hall–Kier alpha value is -0.280. The van der Waals surface area contributed by atoms with E-state index in [1.807, 2.05) is 0 Å². The minimum absolute atomic E-state index is 2.84. The van der Waals surface area contributed by atoms with E-state index in [1.165, 1.54) is 0 Å². The van der Waals surface area contributed by atoms with Crippen LogP contribution in [0.5, 0.6) is 0 Å². The van der Waals surface area contributed by atoms with Crippen molar-refractivity contribution in [2.75, 3.05) is 0 Å². The molecule has 2 N–H and O–H groups in total. The molecule has 0 amide bonds. The molecule has 0 spiro atoms. The second-order valence-electron chi connectivity index (χ2n) is 0.347. The summed E-state index contributed by atoms with van der Waals surface area (Å²) in [6.45, 7) is 0. The highest BCUT2D eigenvalue weighted by molar-refractivity contribution is 2.92. The molecule has 7 heteroatoms. The molecule has 0 aliphatic rings. The van der Waals surface area contributed by atoms with Gasteiger partial charge in [0.25, 0.3) is 1.43 Å². The maximum absolute atomic E-state index is 7.30. The average Bonchev–Trinajstić information content (AvgIpc) is 1.81. The van der Waals surface area contributed by atoms with Gasteiger partial charge in [-0.05, 0) is 25.2 Å². The van der Waals surface area contributed by atoms with Crippen molar-refractivity contribution in [1.82, 2.24) is 0 Å². The molecule has 0 saturated carbocycles. The van der Waals surface area contributed by atoms with Crippen LogP contribution in [0.1, 0.15) is 0 Å². The van der Waals surface area contributed by atoms with Crippen molar-refractivity contribution in [2.24, 2.45) is 0 Å². The van der Waals surface area contributed by atoms with Gasteiger partial charge in [-0.1, -0.05) is 0 Å². The molecule has 0 fully saturated rings. The van der Waals surface area contributed by atoms with Gasteiger partial charge in [0.15, 0.2) is 0 Å². The van der Waals surface area contributed by atoms with Gasteiger partial charge in [0.2, 0.25) is 0 Å². The van der Waals surface area contributed by atoms with Crippen molar-refractivity contribution in [1.29, 1.82) is 1.43 Å². The van der Waals surface area contributed by atoms with E-state index < -0.39 is 0 Å². The Morgan fingerprint density at radius 3 is 2.43 bits per heavy atom. The topological polar surface area (TPSA) is 86.6 Å². The number of rotatable bonds is 5. The van der Waals surface area contributed by atoms with Crippen molar-refractivity contribution in [3.8, 4) is 0 Å². The second kappa shape index (κ2) is 5.72. The summed E-state index contributed by atoms with van der Waals surface area (Å²) in [5.74, 6) is 0. The summed E-state index contributed by atoms with van der Waals surface area (Å²) in [7, 11) is 0. The predicted octanol–water partition coefficient (Wildman–Crippen LogP) is -0.325. The van der Waals surface area contributed by atoms with E-state index in [0.717, 1.165) is 0 Å². The van der Waals surface area contributed by atoms with Gasteiger partial charge < -0.3 is 0 Å². The molecule has 0 heterocycles. The SMILES string of the molecule is [2H]OOOOOOO. The fourth-order valence-electron chi connectivity index (χ4n) is 0.0351. The molecule has 0 aromatic carbocycles. The molecular formula is H2O7. The van der Waals surface area contributed by atoms with Crippen LogP contribution < -0.4 is 0 Å². The molecule has 7 nitrogen and oxygen atoms in total. The van der Waals surface area contributed by atoms with Crippen LogP contribution in [0, 0.1) is 0 Å². The van der Waals surface area contributed by atoms with Crippen LogP contribution in [0.25, 0.3) is 1.43 Å². The van der Waals surface area contributed by atoms with E-state index in [1.54, 1.807) is 0 Å². The molecule has 0 atom stereocenters. The van der Waals surface area contributed by atoms with E-state index in [9.17, 15) is 0 Å². The highest BCUT2D eigenvalue weighted by Gasteiger charge is 1.83. The Balaban J connectivity index is 2.53. The van der Waals surface area contributed by atoms with Crippen LogP contribution in [0.2, 0.25) is 0 Å². The lowest BCUT2D eigenvalue weighted by molar-refractivity contribution is -0.784. The second-order valence-corrected chi connectivity index (χ2v) is 0.347. The molecule has 0 rings (SSSR count). The summed E-state index contributed by atoms with van der Waals surface area (Å²) in [4.78, 5) is 0. The van der Waals surface area contributed by atoms with E-state index >= 15 is 0 Å². The molecule has 0 aliphatic carbocycles. The fraction of sp³-hybridized carbons (Fsp3) is 0. The van der Waals surface area contributed by atoms with E-state index in [0.29, 0.717) is 0 Å². The van der Waals surface area contributed by atoms with Crippen molar-refractivity contribution >= 4 is 0 Å². The molecule has 0 unspecified atom stereocenters. The van der Waals surface area contributed by atoms with Gasteiger partial charge in [-0.15, -0.1) is 0 Å². The molecule has 0 bridgehead atoms. The number of hydrogen-bond donors (Lipinski definition) is 2. The third kappa shape index (κ3) is 5.72. The van der Waals surface area contributed by atoms with E-state index in [4.69, 9.17) is 6.69 Å². The van der Waals surface area contributed by atoms with Gasteiger partial charge in [0.05, 0.1) is 0 Å². The van der Waals surface area contributed by atoms with E-state index in [-0.39, 0.29) is 0 Å². The Kier molecular flexibility index (Phi) is 3.98. The zero-order valence-electron chi connectivity index (χ0n) is 3.90. The van der Waals surface area contributed by atoms with Crippen LogP contribution in [0.4, 0.5) is 0 Å². The molecule has 7 heavy (non-hydrogen) atoms. The predicted molar refractivity (Wildman–Crippen MR) is 10.7 cm³/mol. The van der Waals surface area contributed by atoms with Crippen molar-refractivity contribution < 1.29 is 35.7 Å². The summed E-state index contributed by atoms with van der Waals surface area (Å²) in [6, 6.07) is 0. The van der Waals surface area contributed by atoms with Crippen molar-refractivity contribution in [2.45, 2.75) is 0 Å². The molecule has 0 saturated heterocycles. The zero-order chi connectivity index (χ0) is 6.24. The zero-order valence-corrected chi connectivity index (χ0v) is 2.90. The Bertz CT molecular complexity index is 29.4.